The summed E-state index contributed by atoms with van der Waals surface area (Å²) in [5, 5.41) is 18.9. The molecule has 0 bridgehead atoms. The molecule has 0 aliphatic heterocycles. The molecular weight excluding hydrogens is 474 g/mol. The molecule has 0 aliphatic carbocycles. The minimum Gasteiger partial charge on any atom is -0.504 e. The van der Waals surface area contributed by atoms with Gasteiger partial charge in [-0.2, -0.15) is 0 Å². The summed E-state index contributed by atoms with van der Waals surface area (Å²) in [7, 11) is 0. The number of benzene rings is 2. The summed E-state index contributed by atoms with van der Waals surface area (Å²) in [5.41, 5.74) is 11.0. The SMILES string of the molecule is CCCN(Oc1cc2ccccc2cc1O)C(C)NC(=O)[C@@H](C)NC(=O)c1nc(Cl)c(N)nc1N. The number of nitrogen functional groups attached to an aromatic ring is 2. The van der Waals surface area contributed by atoms with E-state index in [1.54, 1.807) is 24.1 Å². The third kappa shape index (κ3) is 6.19. The van der Waals surface area contributed by atoms with E-state index in [1.807, 2.05) is 31.2 Å². The number of aromatic nitrogens is 2. The number of amides is 2. The summed E-state index contributed by atoms with van der Waals surface area (Å²) in [6, 6.07) is 9.97. The van der Waals surface area contributed by atoms with Gasteiger partial charge in [-0.15, -0.1) is 5.06 Å². The Morgan fingerprint density at radius 3 is 2.43 bits per heavy atom. The Bertz CT molecular complexity index is 1240. The molecular formula is C23H28ClN7O4. The van der Waals surface area contributed by atoms with Crippen LogP contribution in [0.1, 0.15) is 37.7 Å². The number of hydroxylamine groups is 2. The van der Waals surface area contributed by atoms with Crippen molar-refractivity contribution in [1.82, 2.24) is 25.7 Å². The number of nitrogens with zero attached hydrogens (tertiary/aromatic N) is 3. The highest BCUT2D eigenvalue weighted by Crippen LogP contribution is 2.32. The normalized spacial score (nSPS) is 12.8. The topological polar surface area (TPSA) is 169 Å². The van der Waals surface area contributed by atoms with Gasteiger partial charge in [0.1, 0.15) is 12.2 Å². The van der Waals surface area contributed by atoms with E-state index in [4.69, 9.17) is 27.9 Å². The van der Waals surface area contributed by atoms with Gasteiger partial charge >= 0.3 is 0 Å². The lowest BCUT2D eigenvalue weighted by atomic mass is 10.1. The summed E-state index contributed by atoms with van der Waals surface area (Å²) in [6.45, 7) is 5.65. The zero-order chi connectivity index (χ0) is 25.7. The zero-order valence-corrected chi connectivity index (χ0v) is 20.3. The second kappa shape index (κ2) is 11.1. The van der Waals surface area contributed by atoms with E-state index < -0.39 is 24.0 Å². The van der Waals surface area contributed by atoms with Gasteiger partial charge < -0.3 is 32.0 Å². The zero-order valence-electron chi connectivity index (χ0n) is 19.6. The van der Waals surface area contributed by atoms with Crippen molar-refractivity contribution >= 4 is 45.8 Å². The Morgan fingerprint density at radius 1 is 1.11 bits per heavy atom. The van der Waals surface area contributed by atoms with Crippen LogP contribution in [0.4, 0.5) is 11.6 Å². The molecule has 186 valence electrons. The third-order valence-electron chi connectivity index (χ3n) is 5.13. The quantitative estimate of drug-likeness (QED) is 0.218. The van der Waals surface area contributed by atoms with E-state index in [2.05, 4.69) is 20.6 Å². The Kier molecular flexibility index (Phi) is 8.15. The van der Waals surface area contributed by atoms with Crippen LogP contribution in [-0.4, -0.2) is 50.7 Å². The molecule has 12 heteroatoms. The first-order valence-corrected chi connectivity index (χ1v) is 11.3. The molecule has 0 aliphatic rings. The van der Waals surface area contributed by atoms with Crippen LogP contribution in [0.25, 0.3) is 10.8 Å². The molecule has 0 saturated heterocycles. The number of nitrogens with two attached hydrogens (primary N) is 2. The number of carbonyl (C=O) groups excluding carboxylic acids is 2. The molecule has 0 saturated carbocycles. The molecule has 7 N–H and O–H groups in total. The van der Waals surface area contributed by atoms with Gasteiger partial charge in [0.05, 0.1) is 0 Å². The highest BCUT2D eigenvalue weighted by atomic mass is 35.5. The first kappa shape index (κ1) is 25.8. The lowest BCUT2D eigenvalue weighted by Gasteiger charge is -2.30. The number of halogens is 1. The van der Waals surface area contributed by atoms with Crippen molar-refractivity contribution in [2.75, 3.05) is 18.0 Å². The molecule has 35 heavy (non-hydrogen) atoms. The molecule has 0 radical (unpaired) electrons. The number of carbonyl (C=O) groups is 2. The molecule has 2 aromatic carbocycles. The van der Waals surface area contributed by atoms with Crippen molar-refractivity contribution in [2.45, 2.75) is 39.4 Å². The fraction of sp³-hybridized carbons (Fsp3) is 0.304. The maximum Gasteiger partial charge on any atom is 0.274 e. The first-order valence-electron chi connectivity index (χ1n) is 11.0. The second-order valence-corrected chi connectivity index (χ2v) is 8.27. The maximum absolute atomic E-state index is 12.8. The summed E-state index contributed by atoms with van der Waals surface area (Å²) in [6.07, 6.45) is 0.125. The number of rotatable bonds is 9. The summed E-state index contributed by atoms with van der Waals surface area (Å²) < 4.78 is 0. The number of nitrogens with one attached hydrogen (secondary N) is 2. The van der Waals surface area contributed by atoms with Crippen molar-refractivity contribution in [3.8, 4) is 11.5 Å². The average Bonchev–Trinajstić information content (AvgIpc) is 2.81. The number of hydrogen-bond donors (Lipinski definition) is 5. The van der Waals surface area contributed by atoms with Crippen molar-refractivity contribution in [3.63, 3.8) is 0 Å². The molecule has 1 aromatic heterocycles. The van der Waals surface area contributed by atoms with E-state index in [9.17, 15) is 14.7 Å². The van der Waals surface area contributed by atoms with Gasteiger partial charge in [-0.3, -0.25) is 9.59 Å². The van der Waals surface area contributed by atoms with Crippen LogP contribution < -0.4 is 26.9 Å². The molecule has 3 rings (SSSR count). The fourth-order valence-corrected chi connectivity index (χ4v) is 3.41. The predicted octanol–water partition coefficient (Wildman–Crippen LogP) is 2.44. The van der Waals surface area contributed by atoms with Gasteiger partial charge in [-0.25, -0.2) is 9.97 Å². The lowest BCUT2D eigenvalue weighted by Crippen LogP contribution is -2.53. The Labute approximate surface area is 207 Å². The standard InChI is InChI=1S/C23H28ClN7O4/c1-4-9-31(35-17-11-15-8-6-5-7-14(15)10-16(17)32)13(3)28-22(33)12(2)27-23(34)18-20(25)30-21(26)19(24)29-18/h5-8,10-13,32H,4,9H2,1-3H3,(H,27,34)(H,28,33)(H4,25,26,30)/t12-,13?/m1/s1. The maximum atomic E-state index is 12.8. The van der Waals surface area contributed by atoms with Gasteiger partial charge in [-0.05, 0) is 43.2 Å². The van der Waals surface area contributed by atoms with Crippen LogP contribution in [0.5, 0.6) is 11.5 Å². The molecule has 11 nitrogen and oxygen atoms in total. The highest BCUT2D eigenvalue weighted by Gasteiger charge is 2.25. The average molecular weight is 502 g/mol. The molecule has 1 heterocycles. The molecule has 0 spiro atoms. The van der Waals surface area contributed by atoms with Crippen LogP contribution in [-0.2, 0) is 4.79 Å². The van der Waals surface area contributed by atoms with Crippen LogP contribution in [0, 0.1) is 0 Å². The summed E-state index contributed by atoms with van der Waals surface area (Å²) in [5.74, 6) is -1.28. The van der Waals surface area contributed by atoms with Gasteiger partial charge in [0.25, 0.3) is 5.91 Å². The molecule has 2 amide bonds. The van der Waals surface area contributed by atoms with Gasteiger partial charge in [-0.1, -0.05) is 42.8 Å². The summed E-state index contributed by atoms with van der Waals surface area (Å²) in [4.78, 5) is 38.8. The van der Waals surface area contributed by atoms with Crippen molar-refractivity contribution < 1.29 is 19.5 Å². The number of phenols is 1. The first-order chi connectivity index (χ1) is 16.6. The van der Waals surface area contributed by atoms with E-state index in [0.717, 1.165) is 17.2 Å². The van der Waals surface area contributed by atoms with E-state index in [0.29, 0.717) is 6.54 Å². The van der Waals surface area contributed by atoms with Gasteiger partial charge in [0, 0.05) is 6.54 Å². The van der Waals surface area contributed by atoms with E-state index >= 15 is 0 Å². The van der Waals surface area contributed by atoms with E-state index in [1.165, 1.54) is 6.92 Å². The number of fused-ring (bicyclic) bond motifs is 1. The van der Waals surface area contributed by atoms with Crippen LogP contribution in [0.2, 0.25) is 5.15 Å². The number of anilines is 2. The predicted molar refractivity (Wildman–Crippen MR) is 134 cm³/mol. The Hall–Kier alpha value is -3.83. The largest absolute Gasteiger partial charge is 0.504 e. The van der Waals surface area contributed by atoms with Crippen molar-refractivity contribution in [3.05, 3.63) is 47.2 Å². The van der Waals surface area contributed by atoms with Crippen molar-refractivity contribution in [2.24, 2.45) is 0 Å². The number of phenolic OH excluding ortho intramolecular Hbond substituents is 1. The smallest absolute Gasteiger partial charge is 0.274 e. The molecule has 1 unspecified atom stereocenters. The summed E-state index contributed by atoms with van der Waals surface area (Å²) >= 11 is 5.82. The van der Waals surface area contributed by atoms with Gasteiger partial charge in [0.2, 0.25) is 5.91 Å². The second-order valence-electron chi connectivity index (χ2n) is 7.91. The van der Waals surface area contributed by atoms with Crippen LogP contribution in [0.15, 0.2) is 36.4 Å². The molecule has 2 atom stereocenters. The van der Waals surface area contributed by atoms with E-state index in [-0.39, 0.29) is 34.0 Å². The minimum absolute atomic E-state index is 0.0233. The Balaban J connectivity index is 1.67. The van der Waals surface area contributed by atoms with Gasteiger partial charge in [0.15, 0.2) is 34.0 Å². The fourth-order valence-electron chi connectivity index (χ4n) is 3.29. The molecule has 3 aromatic rings. The number of hydrogen-bond acceptors (Lipinski definition) is 9. The highest BCUT2D eigenvalue weighted by molar-refractivity contribution is 6.31. The van der Waals surface area contributed by atoms with Crippen molar-refractivity contribution in [1.29, 1.82) is 0 Å². The number of aromatic hydroxyl groups is 1. The molecule has 0 fully saturated rings. The monoisotopic (exact) mass is 501 g/mol. The third-order valence-corrected chi connectivity index (χ3v) is 5.41. The van der Waals surface area contributed by atoms with Crippen LogP contribution in [0.3, 0.4) is 0 Å². The minimum atomic E-state index is -0.944. The van der Waals surface area contributed by atoms with Crippen LogP contribution >= 0.6 is 11.6 Å². The Morgan fingerprint density at radius 2 is 1.77 bits per heavy atom. The lowest BCUT2D eigenvalue weighted by molar-refractivity contribution is -0.134.